The van der Waals surface area contributed by atoms with Crippen molar-refractivity contribution in [2.24, 2.45) is 0 Å². The molecule has 0 fully saturated rings. The van der Waals surface area contributed by atoms with E-state index in [0.717, 1.165) is 5.56 Å². The molecule has 0 saturated heterocycles. The summed E-state index contributed by atoms with van der Waals surface area (Å²) >= 11 is 5.96. The fourth-order valence-corrected chi connectivity index (χ4v) is 1.69. The largest absolute Gasteiger partial charge is 0.481 e. The summed E-state index contributed by atoms with van der Waals surface area (Å²) in [6.45, 7) is 0.822. The maximum Gasteiger partial charge on any atom is 0.315 e. The van der Waals surface area contributed by atoms with E-state index in [1.807, 2.05) is 18.2 Å². The van der Waals surface area contributed by atoms with Crippen LogP contribution in [0.15, 0.2) is 24.3 Å². The minimum Gasteiger partial charge on any atom is -0.481 e. The number of nitrogens with one attached hydrogen (secondary N) is 2. The molecule has 0 bridgehead atoms. The van der Waals surface area contributed by atoms with Crippen LogP contribution in [0.2, 0.25) is 5.02 Å². The van der Waals surface area contributed by atoms with E-state index in [2.05, 4.69) is 10.6 Å². The molecule has 1 aromatic carbocycles. The van der Waals surface area contributed by atoms with Crippen molar-refractivity contribution in [2.75, 3.05) is 6.54 Å². The lowest BCUT2D eigenvalue weighted by atomic mass is 10.2. The molecular weight excluding hydrogens is 268 g/mol. The van der Waals surface area contributed by atoms with Crippen LogP contribution in [0.4, 0.5) is 4.79 Å². The Hall–Kier alpha value is -1.75. The molecule has 0 aromatic heterocycles. The van der Waals surface area contributed by atoms with Crippen molar-refractivity contribution in [3.63, 3.8) is 0 Å². The Morgan fingerprint density at radius 3 is 2.58 bits per heavy atom. The number of unbranched alkanes of at least 4 members (excludes halogenated alkanes) is 1. The van der Waals surface area contributed by atoms with Gasteiger partial charge in [0.25, 0.3) is 0 Å². The molecule has 0 aliphatic heterocycles. The molecule has 6 heteroatoms. The fourth-order valence-electron chi connectivity index (χ4n) is 1.48. The smallest absolute Gasteiger partial charge is 0.315 e. The third kappa shape index (κ3) is 6.67. The monoisotopic (exact) mass is 284 g/mol. The lowest BCUT2D eigenvalue weighted by molar-refractivity contribution is -0.137. The highest BCUT2D eigenvalue weighted by molar-refractivity contribution is 6.31. The summed E-state index contributed by atoms with van der Waals surface area (Å²) in [6, 6.07) is 7.01. The highest BCUT2D eigenvalue weighted by atomic mass is 35.5. The minimum atomic E-state index is -0.817. The van der Waals surface area contributed by atoms with Crippen LogP contribution in [0.3, 0.4) is 0 Å². The molecule has 104 valence electrons. The van der Waals surface area contributed by atoms with E-state index in [4.69, 9.17) is 16.7 Å². The average Bonchev–Trinajstić information content (AvgIpc) is 2.37. The molecule has 1 rings (SSSR count). The van der Waals surface area contributed by atoms with E-state index in [1.165, 1.54) is 0 Å². The zero-order valence-electron chi connectivity index (χ0n) is 10.5. The summed E-state index contributed by atoms with van der Waals surface area (Å²) in [5.41, 5.74) is 0.852. The van der Waals surface area contributed by atoms with Crippen molar-refractivity contribution in [1.29, 1.82) is 0 Å². The first kappa shape index (κ1) is 15.3. The molecule has 0 aliphatic carbocycles. The number of carboxylic acid groups (broad SMARTS) is 1. The Bertz CT molecular complexity index is 438. The normalized spacial score (nSPS) is 9.95. The topological polar surface area (TPSA) is 78.4 Å². The summed E-state index contributed by atoms with van der Waals surface area (Å²) in [4.78, 5) is 21.7. The van der Waals surface area contributed by atoms with Crippen LogP contribution in [0.5, 0.6) is 0 Å². The maximum absolute atomic E-state index is 11.4. The molecular formula is C13H17ClN2O3. The van der Waals surface area contributed by atoms with E-state index >= 15 is 0 Å². The summed E-state index contributed by atoms with van der Waals surface area (Å²) in [7, 11) is 0. The van der Waals surface area contributed by atoms with Gasteiger partial charge in [0.2, 0.25) is 0 Å². The zero-order chi connectivity index (χ0) is 14.1. The van der Waals surface area contributed by atoms with Crippen LogP contribution in [0.1, 0.15) is 24.8 Å². The van der Waals surface area contributed by atoms with Gasteiger partial charge in [0.15, 0.2) is 0 Å². The van der Waals surface area contributed by atoms with Crippen molar-refractivity contribution >= 4 is 23.6 Å². The number of aliphatic carboxylic acids is 1. The standard InChI is InChI=1S/C13H17ClN2O3/c14-11-6-2-1-5-10(11)9-16-13(19)15-8-4-3-7-12(17)18/h1-2,5-6H,3-4,7-9H2,(H,17,18)(H2,15,16,19). The molecule has 0 spiro atoms. The van der Waals surface area contributed by atoms with Crippen LogP contribution in [-0.2, 0) is 11.3 Å². The maximum atomic E-state index is 11.4. The molecule has 2 amide bonds. The first-order valence-corrected chi connectivity index (χ1v) is 6.44. The van der Waals surface area contributed by atoms with Crippen LogP contribution in [-0.4, -0.2) is 23.7 Å². The van der Waals surface area contributed by atoms with E-state index in [-0.39, 0.29) is 12.5 Å². The SMILES string of the molecule is O=C(O)CCCCNC(=O)NCc1ccccc1Cl. The van der Waals surface area contributed by atoms with Gasteiger partial charge in [0, 0.05) is 24.5 Å². The zero-order valence-corrected chi connectivity index (χ0v) is 11.2. The predicted molar refractivity (Wildman–Crippen MR) is 73.2 cm³/mol. The van der Waals surface area contributed by atoms with Crippen LogP contribution < -0.4 is 10.6 Å². The number of hydrogen-bond acceptors (Lipinski definition) is 2. The highest BCUT2D eigenvalue weighted by Crippen LogP contribution is 2.13. The number of carbonyl (C=O) groups is 2. The van der Waals surface area contributed by atoms with Crippen molar-refractivity contribution in [2.45, 2.75) is 25.8 Å². The number of hydrogen-bond donors (Lipinski definition) is 3. The van der Waals surface area contributed by atoms with E-state index < -0.39 is 5.97 Å². The third-order valence-electron chi connectivity index (χ3n) is 2.50. The first-order chi connectivity index (χ1) is 9.09. The van der Waals surface area contributed by atoms with Gasteiger partial charge >= 0.3 is 12.0 Å². The lowest BCUT2D eigenvalue weighted by Gasteiger charge is -2.08. The molecule has 0 radical (unpaired) electrons. The molecule has 0 unspecified atom stereocenters. The van der Waals surface area contributed by atoms with Gasteiger partial charge in [-0.1, -0.05) is 29.8 Å². The summed E-state index contributed by atoms with van der Waals surface area (Å²) in [5.74, 6) is -0.817. The molecule has 0 heterocycles. The van der Waals surface area contributed by atoms with Gasteiger partial charge in [0.05, 0.1) is 0 Å². The quantitative estimate of drug-likeness (QED) is 0.673. The Labute approximate surface area is 117 Å². The first-order valence-electron chi connectivity index (χ1n) is 6.06. The number of halogens is 1. The van der Waals surface area contributed by atoms with Crippen molar-refractivity contribution < 1.29 is 14.7 Å². The Morgan fingerprint density at radius 1 is 1.16 bits per heavy atom. The van der Waals surface area contributed by atoms with Gasteiger partial charge in [0.1, 0.15) is 0 Å². The number of carbonyl (C=O) groups excluding carboxylic acids is 1. The van der Waals surface area contributed by atoms with Crippen LogP contribution in [0.25, 0.3) is 0 Å². The van der Waals surface area contributed by atoms with Gasteiger partial charge in [-0.25, -0.2) is 4.79 Å². The van der Waals surface area contributed by atoms with E-state index in [0.29, 0.717) is 31.0 Å². The van der Waals surface area contributed by atoms with Gasteiger partial charge in [-0.15, -0.1) is 0 Å². The molecule has 5 nitrogen and oxygen atoms in total. The molecule has 1 aromatic rings. The Kier molecular flexibility index (Phi) is 6.74. The number of rotatable bonds is 7. The Morgan fingerprint density at radius 2 is 1.89 bits per heavy atom. The van der Waals surface area contributed by atoms with Gasteiger partial charge < -0.3 is 15.7 Å². The molecule has 0 aliphatic rings. The molecule has 19 heavy (non-hydrogen) atoms. The summed E-state index contributed by atoms with van der Waals surface area (Å²) in [6.07, 6.45) is 1.33. The minimum absolute atomic E-state index is 0.128. The van der Waals surface area contributed by atoms with Crippen molar-refractivity contribution in [3.8, 4) is 0 Å². The summed E-state index contributed by atoms with van der Waals surface area (Å²) < 4.78 is 0. The van der Waals surface area contributed by atoms with Gasteiger partial charge in [-0.3, -0.25) is 4.79 Å². The molecule has 0 atom stereocenters. The number of carboxylic acids is 1. The lowest BCUT2D eigenvalue weighted by Crippen LogP contribution is -2.35. The predicted octanol–water partition coefficient (Wildman–Crippen LogP) is 2.39. The fraction of sp³-hybridized carbons (Fsp3) is 0.385. The van der Waals surface area contributed by atoms with E-state index in [9.17, 15) is 9.59 Å². The van der Waals surface area contributed by atoms with Crippen molar-refractivity contribution in [3.05, 3.63) is 34.9 Å². The number of urea groups is 1. The second-order valence-corrected chi connectivity index (χ2v) is 4.46. The average molecular weight is 285 g/mol. The number of benzene rings is 1. The van der Waals surface area contributed by atoms with E-state index in [1.54, 1.807) is 6.07 Å². The van der Waals surface area contributed by atoms with Crippen LogP contribution in [0, 0.1) is 0 Å². The number of amides is 2. The molecule has 3 N–H and O–H groups in total. The molecule has 0 saturated carbocycles. The second-order valence-electron chi connectivity index (χ2n) is 4.05. The van der Waals surface area contributed by atoms with Crippen LogP contribution >= 0.6 is 11.6 Å². The third-order valence-corrected chi connectivity index (χ3v) is 2.87. The second kappa shape index (κ2) is 8.37. The van der Waals surface area contributed by atoms with Gasteiger partial charge in [-0.2, -0.15) is 0 Å². The Balaban J connectivity index is 2.15. The summed E-state index contributed by atoms with van der Waals surface area (Å²) in [5, 5.41) is 14.4. The van der Waals surface area contributed by atoms with Gasteiger partial charge in [-0.05, 0) is 24.5 Å². The highest BCUT2D eigenvalue weighted by Gasteiger charge is 2.03. The van der Waals surface area contributed by atoms with Crippen molar-refractivity contribution in [1.82, 2.24) is 10.6 Å².